The number of nitrogens with zero attached hydrogens (tertiary/aromatic N) is 3. The van der Waals surface area contributed by atoms with Gasteiger partial charge in [0.15, 0.2) is 23.2 Å². The fraction of sp³-hybridized carbons (Fsp3) is 0.348. The number of carbonyl (C=O) groups is 1. The average Bonchev–Trinajstić information content (AvgIpc) is 3.05. The minimum atomic E-state index is -0.532. The van der Waals surface area contributed by atoms with Crippen molar-refractivity contribution in [3.05, 3.63) is 64.3 Å². The Morgan fingerprint density at radius 2 is 1.90 bits per heavy atom. The Balaban J connectivity index is 2.10. The minimum Gasteiger partial charge on any atom is -0.494 e. The van der Waals surface area contributed by atoms with E-state index in [4.69, 9.17) is 9.84 Å². The second kappa shape index (κ2) is 9.70. The van der Waals surface area contributed by atoms with Crippen molar-refractivity contribution in [2.24, 2.45) is 5.92 Å². The van der Waals surface area contributed by atoms with Crippen LogP contribution in [0.2, 0.25) is 0 Å². The smallest absolute Gasteiger partial charge is 0.351 e. The lowest BCUT2D eigenvalue weighted by molar-refractivity contribution is -0.120. The summed E-state index contributed by atoms with van der Waals surface area (Å²) in [7, 11) is 1.36. The molecule has 3 aromatic rings. The molecule has 0 atom stereocenters. The first kappa shape index (κ1) is 22.4. The first-order chi connectivity index (χ1) is 14.8. The number of ether oxygens (including phenoxy) is 1. The molecule has 0 bridgehead atoms. The summed E-state index contributed by atoms with van der Waals surface area (Å²) in [6, 6.07) is 11.3. The second-order valence-electron chi connectivity index (χ2n) is 7.73. The molecule has 1 heterocycles. The predicted molar refractivity (Wildman–Crippen MR) is 115 cm³/mol. The topological polar surface area (TPSA) is 86.3 Å². The highest BCUT2D eigenvalue weighted by molar-refractivity contribution is 5.79. The summed E-state index contributed by atoms with van der Waals surface area (Å²) < 4.78 is 21.5. The van der Waals surface area contributed by atoms with Crippen LogP contribution < -0.4 is 10.4 Å². The number of hydrogen-bond donors (Lipinski definition) is 1. The van der Waals surface area contributed by atoms with E-state index in [9.17, 15) is 14.0 Å². The number of ketones is 1. The highest BCUT2D eigenvalue weighted by Gasteiger charge is 2.20. The van der Waals surface area contributed by atoms with E-state index >= 15 is 0 Å². The zero-order valence-corrected chi connectivity index (χ0v) is 17.8. The SMILES string of the molecule is COc1cc(-c2nn(-c3ccc(CCO)cc3)c(=O)n2CC(=O)CC(C)C)ccc1F. The highest BCUT2D eigenvalue weighted by atomic mass is 19.1. The second-order valence-corrected chi connectivity index (χ2v) is 7.73. The third kappa shape index (κ3) is 5.08. The van der Waals surface area contributed by atoms with E-state index in [-0.39, 0.29) is 36.4 Å². The largest absolute Gasteiger partial charge is 0.494 e. The van der Waals surface area contributed by atoms with Gasteiger partial charge in [-0.05, 0) is 48.2 Å². The molecule has 7 nitrogen and oxygen atoms in total. The maximum Gasteiger partial charge on any atom is 0.351 e. The van der Waals surface area contributed by atoms with Gasteiger partial charge in [-0.1, -0.05) is 26.0 Å². The molecule has 3 rings (SSSR count). The summed E-state index contributed by atoms with van der Waals surface area (Å²) in [6.07, 6.45) is 0.841. The maximum absolute atomic E-state index is 13.9. The van der Waals surface area contributed by atoms with Crippen LogP contribution in [0.3, 0.4) is 0 Å². The van der Waals surface area contributed by atoms with Crippen molar-refractivity contribution in [2.75, 3.05) is 13.7 Å². The van der Waals surface area contributed by atoms with E-state index in [1.54, 1.807) is 12.1 Å². The van der Waals surface area contributed by atoms with Crippen LogP contribution in [0, 0.1) is 11.7 Å². The molecule has 0 radical (unpaired) electrons. The van der Waals surface area contributed by atoms with E-state index in [1.807, 2.05) is 26.0 Å². The monoisotopic (exact) mass is 427 g/mol. The fourth-order valence-electron chi connectivity index (χ4n) is 3.35. The number of carbonyl (C=O) groups excluding carboxylic acids is 1. The summed E-state index contributed by atoms with van der Waals surface area (Å²) in [5.41, 5.74) is 1.44. The van der Waals surface area contributed by atoms with Crippen LogP contribution in [0.4, 0.5) is 4.39 Å². The van der Waals surface area contributed by atoms with Gasteiger partial charge in [0.2, 0.25) is 0 Å². The van der Waals surface area contributed by atoms with Crippen molar-refractivity contribution >= 4 is 5.78 Å². The van der Waals surface area contributed by atoms with Crippen molar-refractivity contribution in [3.8, 4) is 22.8 Å². The maximum atomic E-state index is 13.9. The van der Waals surface area contributed by atoms with E-state index < -0.39 is 11.5 Å². The molecule has 0 saturated carbocycles. The van der Waals surface area contributed by atoms with Crippen molar-refractivity contribution in [3.63, 3.8) is 0 Å². The third-order valence-corrected chi connectivity index (χ3v) is 4.82. The van der Waals surface area contributed by atoms with Gasteiger partial charge in [0, 0.05) is 18.6 Å². The van der Waals surface area contributed by atoms with Gasteiger partial charge in [-0.2, -0.15) is 4.68 Å². The quantitative estimate of drug-likeness (QED) is 0.567. The van der Waals surface area contributed by atoms with Gasteiger partial charge in [0.25, 0.3) is 0 Å². The molecule has 1 aromatic heterocycles. The van der Waals surface area contributed by atoms with Crippen LogP contribution in [0.15, 0.2) is 47.3 Å². The Morgan fingerprint density at radius 1 is 1.19 bits per heavy atom. The molecule has 0 unspecified atom stereocenters. The Labute approximate surface area is 179 Å². The summed E-state index contributed by atoms with van der Waals surface area (Å²) in [5, 5.41) is 13.5. The Morgan fingerprint density at radius 3 is 2.52 bits per heavy atom. The summed E-state index contributed by atoms with van der Waals surface area (Å²) in [6.45, 7) is 3.77. The molecule has 0 aliphatic rings. The van der Waals surface area contributed by atoms with Crippen LogP contribution in [0.5, 0.6) is 5.75 Å². The lowest BCUT2D eigenvalue weighted by Gasteiger charge is -2.08. The Kier molecular flexibility index (Phi) is 7.02. The van der Waals surface area contributed by atoms with Crippen LogP contribution in [0.25, 0.3) is 17.1 Å². The van der Waals surface area contributed by atoms with Gasteiger partial charge in [-0.15, -0.1) is 5.10 Å². The van der Waals surface area contributed by atoms with E-state index in [0.717, 1.165) is 5.56 Å². The van der Waals surface area contributed by atoms with Gasteiger partial charge in [0.05, 0.1) is 19.3 Å². The Bertz CT molecular complexity index is 1120. The van der Waals surface area contributed by atoms with Crippen molar-refractivity contribution in [2.45, 2.75) is 33.2 Å². The number of methoxy groups -OCH3 is 1. The Hall–Kier alpha value is -3.26. The molecule has 2 aromatic carbocycles. The first-order valence-corrected chi connectivity index (χ1v) is 10.1. The highest BCUT2D eigenvalue weighted by Crippen LogP contribution is 2.25. The van der Waals surface area contributed by atoms with Crippen LogP contribution in [0.1, 0.15) is 25.8 Å². The van der Waals surface area contributed by atoms with Crippen molar-refractivity contribution in [1.29, 1.82) is 0 Å². The number of aliphatic hydroxyl groups is 1. The normalized spacial score (nSPS) is 11.2. The molecule has 0 fully saturated rings. The molecule has 0 spiro atoms. The molecule has 31 heavy (non-hydrogen) atoms. The number of hydrogen-bond acceptors (Lipinski definition) is 5. The van der Waals surface area contributed by atoms with Crippen molar-refractivity contribution in [1.82, 2.24) is 14.3 Å². The lowest BCUT2D eigenvalue weighted by atomic mass is 10.1. The van der Waals surface area contributed by atoms with Gasteiger partial charge < -0.3 is 9.84 Å². The molecular formula is C23H26FN3O4. The molecule has 0 aliphatic heterocycles. The van der Waals surface area contributed by atoms with Gasteiger partial charge in [-0.3, -0.25) is 9.36 Å². The van der Waals surface area contributed by atoms with Gasteiger partial charge in [0.1, 0.15) is 0 Å². The number of halogens is 1. The van der Waals surface area contributed by atoms with E-state index in [0.29, 0.717) is 24.1 Å². The van der Waals surface area contributed by atoms with Crippen LogP contribution in [-0.2, 0) is 17.8 Å². The molecule has 1 N–H and O–H groups in total. The fourth-order valence-corrected chi connectivity index (χ4v) is 3.35. The molecule has 164 valence electrons. The summed E-state index contributed by atoms with van der Waals surface area (Å²) >= 11 is 0. The number of aliphatic hydroxyl groups excluding tert-OH is 1. The molecule has 0 aliphatic carbocycles. The molecule has 0 amide bonds. The zero-order chi connectivity index (χ0) is 22.5. The number of rotatable bonds is 9. The zero-order valence-electron chi connectivity index (χ0n) is 17.8. The van der Waals surface area contributed by atoms with Gasteiger partial charge in [-0.25, -0.2) is 9.18 Å². The minimum absolute atomic E-state index is 0.0212. The number of benzene rings is 2. The summed E-state index contributed by atoms with van der Waals surface area (Å²) in [4.78, 5) is 25.7. The van der Waals surface area contributed by atoms with E-state index in [1.165, 1.54) is 34.6 Å². The summed E-state index contributed by atoms with van der Waals surface area (Å²) in [5.74, 6) is -0.195. The molecule has 8 heteroatoms. The van der Waals surface area contributed by atoms with Crippen LogP contribution in [-0.4, -0.2) is 39.0 Å². The lowest BCUT2D eigenvalue weighted by Crippen LogP contribution is -2.27. The first-order valence-electron chi connectivity index (χ1n) is 10.1. The van der Waals surface area contributed by atoms with Crippen LogP contribution >= 0.6 is 0 Å². The molecule has 0 saturated heterocycles. The number of Topliss-reactive ketones (excluding diaryl/α,β-unsaturated/α-hetero) is 1. The van der Waals surface area contributed by atoms with Crippen molar-refractivity contribution < 1.29 is 19.0 Å². The molecular weight excluding hydrogens is 401 g/mol. The third-order valence-electron chi connectivity index (χ3n) is 4.82. The number of aromatic nitrogens is 3. The van der Waals surface area contributed by atoms with E-state index in [2.05, 4.69) is 5.10 Å². The predicted octanol–water partition coefficient (Wildman–Crippen LogP) is 3.00. The average molecular weight is 427 g/mol. The standard InChI is InChI=1S/C23H26FN3O4/c1-15(2)12-19(29)14-26-22(17-6-9-20(24)21(13-17)31-3)25-27(23(26)30)18-7-4-16(5-8-18)10-11-28/h4-9,13,15,28H,10-12,14H2,1-3H3. The van der Waals surface area contributed by atoms with Gasteiger partial charge >= 0.3 is 5.69 Å².